The molecule has 1 N–H and O–H groups in total. The predicted octanol–water partition coefficient (Wildman–Crippen LogP) is 1.85. The van der Waals surface area contributed by atoms with Gasteiger partial charge in [0.15, 0.2) is 9.84 Å². The van der Waals surface area contributed by atoms with Gasteiger partial charge >= 0.3 is 5.97 Å². The average molecular weight is 260 g/mol. The van der Waals surface area contributed by atoms with E-state index in [-0.39, 0.29) is 29.9 Å². The first-order chi connectivity index (χ1) is 7.93. The Morgan fingerprint density at radius 2 is 1.88 bits per heavy atom. The van der Waals surface area contributed by atoms with E-state index in [0.29, 0.717) is 0 Å². The third-order valence-corrected chi connectivity index (χ3v) is 4.05. The summed E-state index contributed by atoms with van der Waals surface area (Å²) < 4.78 is 36.7. The number of benzene rings is 1. The monoisotopic (exact) mass is 260 g/mol. The molecule has 0 saturated carbocycles. The van der Waals surface area contributed by atoms with Gasteiger partial charge in [-0.15, -0.1) is 0 Å². The molecule has 0 unspecified atom stereocenters. The first kappa shape index (κ1) is 13.6. The van der Waals surface area contributed by atoms with E-state index in [4.69, 9.17) is 5.11 Å². The van der Waals surface area contributed by atoms with Crippen molar-refractivity contribution in [3.8, 4) is 0 Å². The maximum atomic E-state index is 13.2. The standard InChI is InChI=1S/C11H13FO4S/c12-9-5-1-2-6-10(9)17(15,16)8-4-3-7-11(13)14/h1-2,5-6H,3-4,7-8H2,(H,13,14). The quantitative estimate of drug-likeness (QED) is 0.792. The number of halogens is 1. The lowest BCUT2D eigenvalue weighted by atomic mass is 10.2. The molecular formula is C11H13FO4S. The van der Waals surface area contributed by atoms with Crippen LogP contribution in [0.2, 0.25) is 0 Å². The lowest BCUT2D eigenvalue weighted by Crippen LogP contribution is -2.09. The van der Waals surface area contributed by atoms with E-state index in [1.54, 1.807) is 0 Å². The summed E-state index contributed by atoms with van der Waals surface area (Å²) in [6, 6.07) is 5.16. The fourth-order valence-electron chi connectivity index (χ4n) is 1.38. The molecule has 0 aromatic heterocycles. The minimum atomic E-state index is -3.66. The molecule has 0 aliphatic carbocycles. The summed E-state index contributed by atoms with van der Waals surface area (Å²) >= 11 is 0. The fraction of sp³-hybridized carbons (Fsp3) is 0.364. The Labute approximate surface area is 99.0 Å². The van der Waals surface area contributed by atoms with Gasteiger partial charge in [0.05, 0.1) is 5.75 Å². The molecular weight excluding hydrogens is 247 g/mol. The molecule has 1 aromatic carbocycles. The Hall–Kier alpha value is -1.43. The lowest BCUT2D eigenvalue weighted by molar-refractivity contribution is -0.137. The first-order valence-electron chi connectivity index (χ1n) is 5.12. The van der Waals surface area contributed by atoms with Crippen LogP contribution in [0, 0.1) is 5.82 Å². The molecule has 1 aromatic rings. The lowest BCUT2D eigenvalue weighted by Gasteiger charge is -2.04. The van der Waals surface area contributed by atoms with Crippen LogP contribution in [0.3, 0.4) is 0 Å². The van der Waals surface area contributed by atoms with Crippen molar-refractivity contribution < 1.29 is 22.7 Å². The van der Waals surface area contributed by atoms with Crippen LogP contribution in [-0.2, 0) is 14.6 Å². The summed E-state index contributed by atoms with van der Waals surface area (Å²) in [4.78, 5) is 9.91. The molecule has 0 atom stereocenters. The van der Waals surface area contributed by atoms with Crippen LogP contribution >= 0.6 is 0 Å². The molecule has 0 heterocycles. The maximum Gasteiger partial charge on any atom is 0.303 e. The third-order valence-electron chi connectivity index (χ3n) is 2.23. The van der Waals surface area contributed by atoms with E-state index in [1.165, 1.54) is 18.2 Å². The highest BCUT2D eigenvalue weighted by Crippen LogP contribution is 2.16. The Morgan fingerprint density at radius 1 is 1.24 bits per heavy atom. The van der Waals surface area contributed by atoms with Gasteiger partial charge in [-0.3, -0.25) is 4.79 Å². The summed E-state index contributed by atoms with van der Waals surface area (Å²) in [5.41, 5.74) is 0. The van der Waals surface area contributed by atoms with Gasteiger partial charge in [0, 0.05) is 6.42 Å². The molecule has 0 spiro atoms. The van der Waals surface area contributed by atoms with Crippen LogP contribution in [0.1, 0.15) is 19.3 Å². The van der Waals surface area contributed by atoms with Gasteiger partial charge in [-0.2, -0.15) is 0 Å². The third kappa shape index (κ3) is 4.14. The van der Waals surface area contributed by atoms with Gasteiger partial charge in [-0.1, -0.05) is 12.1 Å². The van der Waals surface area contributed by atoms with Crippen LogP contribution in [0.25, 0.3) is 0 Å². The van der Waals surface area contributed by atoms with Gasteiger partial charge in [0.25, 0.3) is 0 Å². The largest absolute Gasteiger partial charge is 0.481 e. The molecule has 17 heavy (non-hydrogen) atoms. The van der Waals surface area contributed by atoms with E-state index >= 15 is 0 Å². The van der Waals surface area contributed by atoms with Gasteiger partial charge in [0.2, 0.25) is 0 Å². The topological polar surface area (TPSA) is 71.4 Å². The van der Waals surface area contributed by atoms with Gasteiger partial charge in [-0.05, 0) is 25.0 Å². The van der Waals surface area contributed by atoms with E-state index in [0.717, 1.165) is 6.07 Å². The summed E-state index contributed by atoms with van der Waals surface area (Å²) in [7, 11) is -3.66. The number of carboxylic acids is 1. The molecule has 94 valence electrons. The molecule has 4 nitrogen and oxygen atoms in total. The van der Waals surface area contributed by atoms with Crippen molar-refractivity contribution in [2.45, 2.75) is 24.2 Å². The molecule has 6 heteroatoms. The van der Waals surface area contributed by atoms with Gasteiger partial charge in [0.1, 0.15) is 10.7 Å². The van der Waals surface area contributed by atoms with Gasteiger partial charge in [-0.25, -0.2) is 12.8 Å². The zero-order valence-electron chi connectivity index (χ0n) is 9.10. The van der Waals surface area contributed by atoms with Gasteiger partial charge < -0.3 is 5.11 Å². The molecule has 0 radical (unpaired) electrons. The molecule has 0 bridgehead atoms. The smallest absolute Gasteiger partial charge is 0.303 e. The average Bonchev–Trinajstić information content (AvgIpc) is 2.24. The number of carboxylic acid groups (broad SMARTS) is 1. The number of rotatable bonds is 6. The van der Waals surface area contributed by atoms with Crippen LogP contribution in [-0.4, -0.2) is 25.2 Å². The normalized spacial score (nSPS) is 11.4. The van der Waals surface area contributed by atoms with E-state index in [9.17, 15) is 17.6 Å². The maximum absolute atomic E-state index is 13.2. The van der Waals surface area contributed by atoms with Crippen LogP contribution in [0.5, 0.6) is 0 Å². The van der Waals surface area contributed by atoms with Crippen LogP contribution < -0.4 is 0 Å². The number of sulfone groups is 1. The molecule has 0 aliphatic heterocycles. The van der Waals surface area contributed by atoms with Crippen molar-refractivity contribution in [1.82, 2.24) is 0 Å². The zero-order valence-corrected chi connectivity index (χ0v) is 9.91. The Bertz CT molecular complexity index is 496. The molecule has 0 saturated heterocycles. The highest BCUT2D eigenvalue weighted by Gasteiger charge is 2.18. The second-order valence-corrected chi connectivity index (χ2v) is 5.68. The number of unbranched alkanes of at least 4 members (excludes halogenated alkanes) is 1. The van der Waals surface area contributed by atoms with Crippen molar-refractivity contribution >= 4 is 15.8 Å². The predicted molar refractivity (Wildman–Crippen MR) is 59.9 cm³/mol. The SMILES string of the molecule is O=C(O)CCCCS(=O)(=O)c1ccccc1F. The Kier molecular flexibility index (Phi) is 4.62. The van der Waals surface area contributed by atoms with Crippen molar-refractivity contribution in [3.63, 3.8) is 0 Å². The minimum Gasteiger partial charge on any atom is -0.481 e. The second-order valence-electron chi connectivity index (χ2n) is 3.60. The Balaban J connectivity index is 2.64. The van der Waals surface area contributed by atoms with Crippen LogP contribution in [0.15, 0.2) is 29.2 Å². The summed E-state index contributed by atoms with van der Waals surface area (Å²) in [5, 5.41) is 8.39. The number of carbonyl (C=O) groups is 1. The minimum absolute atomic E-state index is 0.0766. The van der Waals surface area contributed by atoms with Crippen molar-refractivity contribution in [3.05, 3.63) is 30.1 Å². The van der Waals surface area contributed by atoms with Crippen molar-refractivity contribution in [2.24, 2.45) is 0 Å². The second kappa shape index (κ2) is 5.77. The fourth-order valence-corrected chi connectivity index (χ4v) is 2.83. The summed E-state index contributed by atoms with van der Waals surface area (Å²) in [6.07, 6.45) is 0.402. The summed E-state index contributed by atoms with van der Waals surface area (Å²) in [6.45, 7) is 0. The van der Waals surface area contributed by atoms with E-state index in [1.807, 2.05) is 0 Å². The first-order valence-corrected chi connectivity index (χ1v) is 6.78. The zero-order chi connectivity index (χ0) is 12.9. The highest BCUT2D eigenvalue weighted by molar-refractivity contribution is 7.91. The highest BCUT2D eigenvalue weighted by atomic mass is 32.2. The molecule has 0 aliphatic rings. The Morgan fingerprint density at radius 3 is 2.47 bits per heavy atom. The molecule has 0 fully saturated rings. The molecule has 1 rings (SSSR count). The number of hydrogen-bond donors (Lipinski definition) is 1. The molecule has 0 amide bonds. The number of hydrogen-bond acceptors (Lipinski definition) is 3. The van der Waals surface area contributed by atoms with E-state index < -0.39 is 21.6 Å². The number of aliphatic carboxylic acids is 1. The van der Waals surface area contributed by atoms with Crippen molar-refractivity contribution in [1.29, 1.82) is 0 Å². The summed E-state index contributed by atoms with van der Waals surface area (Å²) in [5.74, 6) is -1.97. The van der Waals surface area contributed by atoms with E-state index in [2.05, 4.69) is 0 Å². The van der Waals surface area contributed by atoms with Crippen molar-refractivity contribution in [2.75, 3.05) is 5.75 Å². The van der Waals surface area contributed by atoms with Crippen LogP contribution in [0.4, 0.5) is 4.39 Å².